The van der Waals surface area contributed by atoms with Crippen LogP contribution in [0.25, 0.3) is 0 Å². The van der Waals surface area contributed by atoms with E-state index in [0.29, 0.717) is 19.3 Å². The molecule has 46 heavy (non-hydrogen) atoms. The van der Waals surface area contributed by atoms with E-state index in [4.69, 9.17) is 9.47 Å². The zero-order valence-electron chi connectivity index (χ0n) is 28.0. The largest absolute Gasteiger partial charge is 0.394 e. The maximum Gasteiger partial charge on any atom is 0.220 e. The van der Waals surface area contributed by atoms with Gasteiger partial charge < -0.3 is 40.3 Å². The number of carbonyl (C=O) groups excluding carboxylic acids is 1. The minimum atomic E-state index is -1.58. The Bertz CT molecular complexity index is 942. The van der Waals surface area contributed by atoms with Gasteiger partial charge in [0.15, 0.2) is 6.29 Å². The molecule has 1 aliphatic rings. The number of aliphatic hydroxyl groups excluding tert-OH is 5. The average molecular weight is 648 g/mol. The van der Waals surface area contributed by atoms with E-state index in [9.17, 15) is 30.3 Å². The molecular weight excluding hydrogens is 586 g/mol. The molecule has 1 aliphatic heterocycles. The van der Waals surface area contributed by atoms with Gasteiger partial charge in [-0.15, -0.1) is 0 Å². The Kier molecular flexibility index (Phi) is 25.1. The molecule has 0 saturated carbocycles. The van der Waals surface area contributed by atoms with Gasteiger partial charge >= 0.3 is 0 Å². The van der Waals surface area contributed by atoms with E-state index in [1.807, 2.05) is 6.08 Å². The fourth-order valence-electron chi connectivity index (χ4n) is 4.73. The third-order valence-corrected chi connectivity index (χ3v) is 7.50. The second-order valence-electron chi connectivity index (χ2n) is 11.5. The number of rotatable bonds is 25. The Morgan fingerprint density at radius 3 is 1.96 bits per heavy atom. The van der Waals surface area contributed by atoms with Gasteiger partial charge in [0.25, 0.3) is 0 Å². The number of allylic oxidation sites excluding steroid dienone is 11. The SMILES string of the molecule is CC/C=C\C/C=C\C/C=C\CCCCCC(=O)NC(COC1OC(CO)C(O)C(O)C1O)C(O)/C=C/CC/C=C/CC/C=C/CC. The minimum absolute atomic E-state index is 0.223. The van der Waals surface area contributed by atoms with Crippen LogP contribution < -0.4 is 5.32 Å². The van der Waals surface area contributed by atoms with Crippen molar-refractivity contribution in [3.63, 3.8) is 0 Å². The predicted molar refractivity (Wildman–Crippen MR) is 184 cm³/mol. The summed E-state index contributed by atoms with van der Waals surface area (Å²) in [4.78, 5) is 12.8. The standard InChI is InChI=1S/C37H61NO8/c1-3-5-7-9-11-13-15-16-17-19-21-23-25-27-33(41)38-30(29-45-37-36(44)35(43)34(42)32(28-39)46-37)31(40)26-24-22-20-18-14-12-10-8-6-4-2/h5-8,11,13-14,16-18,24,26,30-32,34-37,39-40,42-44H,3-4,9-10,12,15,19-23,25,27-29H2,1-2H3,(H,38,41)/b7-5-,8-6+,13-11-,17-16-,18-14+,26-24+. The molecule has 0 bridgehead atoms. The van der Waals surface area contributed by atoms with Crippen molar-refractivity contribution in [3.05, 3.63) is 72.9 Å². The topological polar surface area (TPSA) is 149 Å². The van der Waals surface area contributed by atoms with Crippen LogP contribution >= 0.6 is 0 Å². The number of hydrogen-bond donors (Lipinski definition) is 6. The molecule has 6 N–H and O–H groups in total. The normalized spacial score (nSPS) is 24.0. The van der Waals surface area contributed by atoms with Crippen LogP contribution in [0.2, 0.25) is 0 Å². The molecule has 0 aromatic carbocycles. The lowest BCUT2D eigenvalue weighted by Gasteiger charge is -2.40. The monoisotopic (exact) mass is 647 g/mol. The average Bonchev–Trinajstić information content (AvgIpc) is 3.05. The Balaban J connectivity index is 2.57. The molecule has 1 rings (SSSR count). The number of hydrogen-bond acceptors (Lipinski definition) is 8. The molecule has 1 heterocycles. The molecule has 0 aliphatic carbocycles. The Morgan fingerprint density at radius 1 is 0.739 bits per heavy atom. The summed E-state index contributed by atoms with van der Waals surface area (Å²) < 4.78 is 11.1. The molecule has 1 amide bonds. The van der Waals surface area contributed by atoms with Crippen LogP contribution in [0.5, 0.6) is 0 Å². The minimum Gasteiger partial charge on any atom is -0.394 e. The summed E-state index contributed by atoms with van der Waals surface area (Å²) >= 11 is 0. The van der Waals surface area contributed by atoms with Gasteiger partial charge in [0.1, 0.15) is 24.4 Å². The van der Waals surface area contributed by atoms with Gasteiger partial charge in [0.2, 0.25) is 5.91 Å². The Hall–Kier alpha value is -2.37. The molecule has 0 spiro atoms. The Labute approximate surface area is 277 Å². The zero-order valence-corrected chi connectivity index (χ0v) is 28.0. The maximum atomic E-state index is 12.8. The number of amides is 1. The van der Waals surface area contributed by atoms with Crippen molar-refractivity contribution in [3.8, 4) is 0 Å². The smallest absolute Gasteiger partial charge is 0.220 e. The highest BCUT2D eigenvalue weighted by atomic mass is 16.7. The van der Waals surface area contributed by atoms with Crippen LogP contribution in [0.3, 0.4) is 0 Å². The van der Waals surface area contributed by atoms with Gasteiger partial charge in [-0.1, -0.05) is 93.2 Å². The lowest BCUT2D eigenvalue weighted by Crippen LogP contribution is -2.60. The summed E-state index contributed by atoms with van der Waals surface area (Å²) in [5.74, 6) is -0.229. The van der Waals surface area contributed by atoms with Crippen molar-refractivity contribution in [2.75, 3.05) is 13.2 Å². The fourth-order valence-corrected chi connectivity index (χ4v) is 4.73. The molecular formula is C37H61NO8. The second kappa shape index (κ2) is 27.7. The summed E-state index contributed by atoms with van der Waals surface area (Å²) in [5, 5.41) is 53.6. The van der Waals surface area contributed by atoms with Crippen molar-refractivity contribution >= 4 is 5.91 Å². The van der Waals surface area contributed by atoms with E-state index in [2.05, 4.69) is 79.9 Å². The number of aliphatic hydroxyl groups is 5. The first kappa shape index (κ1) is 41.7. The lowest BCUT2D eigenvalue weighted by molar-refractivity contribution is -0.302. The fraction of sp³-hybridized carbons (Fsp3) is 0.649. The van der Waals surface area contributed by atoms with E-state index in [-0.39, 0.29) is 12.5 Å². The molecule has 262 valence electrons. The van der Waals surface area contributed by atoms with E-state index in [1.165, 1.54) is 0 Å². The van der Waals surface area contributed by atoms with Gasteiger partial charge in [-0.2, -0.15) is 0 Å². The maximum absolute atomic E-state index is 12.8. The molecule has 1 saturated heterocycles. The van der Waals surface area contributed by atoms with Gasteiger partial charge in [0.05, 0.1) is 25.4 Å². The summed E-state index contributed by atoms with van der Waals surface area (Å²) in [5.41, 5.74) is 0. The van der Waals surface area contributed by atoms with Crippen molar-refractivity contribution in [1.82, 2.24) is 5.32 Å². The van der Waals surface area contributed by atoms with Crippen molar-refractivity contribution in [2.45, 2.75) is 140 Å². The molecule has 0 aromatic rings. The van der Waals surface area contributed by atoms with Gasteiger partial charge in [0, 0.05) is 6.42 Å². The van der Waals surface area contributed by atoms with E-state index >= 15 is 0 Å². The van der Waals surface area contributed by atoms with E-state index < -0.39 is 49.5 Å². The highest BCUT2D eigenvalue weighted by Gasteiger charge is 2.44. The first-order valence-electron chi connectivity index (χ1n) is 17.2. The Morgan fingerprint density at radius 2 is 1.30 bits per heavy atom. The zero-order chi connectivity index (χ0) is 33.8. The molecule has 0 radical (unpaired) electrons. The molecule has 9 nitrogen and oxygen atoms in total. The van der Waals surface area contributed by atoms with Crippen LogP contribution in [0.1, 0.15) is 97.3 Å². The summed E-state index contributed by atoms with van der Waals surface area (Å²) in [6, 6.07) is -0.842. The molecule has 7 atom stereocenters. The molecule has 1 fully saturated rings. The second-order valence-corrected chi connectivity index (χ2v) is 11.5. The summed E-state index contributed by atoms with van der Waals surface area (Å²) in [7, 11) is 0. The number of carbonyl (C=O) groups is 1. The highest BCUT2D eigenvalue weighted by molar-refractivity contribution is 5.76. The first-order valence-corrected chi connectivity index (χ1v) is 17.2. The van der Waals surface area contributed by atoms with Crippen molar-refractivity contribution < 1.29 is 39.8 Å². The van der Waals surface area contributed by atoms with Crippen LogP contribution in [0, 0.1) is 0 Å². The van der Waals surface area contributed by atoms with Gasteiger partial charge in [-0.25, -0.2) is 0 Å². The third kappa shape index (κ3) is 19.3. The van der Waals surface area contributed by atoms with Gasteiger partial charge in [-0.05, 0) is 70.6 Å². The van der Waals surface area contributed by atoms with Crippen LogP contribution in [-0.4, -0.2) is 87.5 Å². The predicted octanol–water partition coefficient (Wildman–Crippen LogP) is 5.10. The highest BCUT2D eigenvalue weighted by Crippen LogP contribution is 2.22. The number of unbranched alkanes of at least 4 members (excludes halogenated alkanes) is 5. The van der Waals surface area contributed by atoms with Crippen LogP contribution in [0.4, 0.5) is 0 Å². The van der Waals surface area contributed by atoms with E-state index in [1.54, 1.807) is 6.08 Å². The van der Waals surface area contributed by atoms with Crippen molar-refractivity contribution in [2.24, 2.45) is 0 Å². The quantitative estimate of drug-likeness (QED) is 0.0593. The third-order valence-electron chi connectivity index (χ3n) is 7.50. The molecule has 9 heteroatoms. The first-order chi connectivity index (χ1) is 22.3. The van der Waals surface area contributed by atoms with Gasteiger partial charge in [-0.3, -0.25) is 4.79 Å². The summed E-state index contributed by atoms with van der Waals surface area (Å²) in [6.45, 7) is 3.43. The molecule has 7 unspecified atom stereocenters. The van der Waals surface area contributed by atoms with Crippen LogP contribution in [0.15, 0.2) is 72.9 Å². The molecule has 0 aromatic heterocycles. The van der Waals surface area contributed by atoms with Crippen molar-refractivity contribution in [1.29, 1.82) is 0 Å². The van der Waals surface area contributed by atoms with E-state index in [0.717, 1.165) is 64.2 Å². The summed E-state index contributed by atoms with van der Waals surface area (Å²) in [6.07, 6.45) is 28.2. The lowest BCUT2D eigenvalue weighted by atomic mass is 9.99. The number of nitrogens with one attached hydrogen (secondary N) is 1. The number of ether oxygens (including phenoxy) is 2. The van der Waals surface area contributed by atoms with Crippen LogP contribution in [-0.2, 0) is 14.3 Å².